The van der Waals surface area contributed by atoms with Gasteiger partial charge < -0.3 is 14.2 Å². The Morgan fingerprint density at radius 3 is 2.40 bits per heavy atom. The van der Waals surface area contributed by atoms with E-state index in [2.05, 4.69) is 11.3 Å². The fraction of sp³-hybridized carbons (Fsp3) is 0.600. The molecule has 0 aromatic carbocycles. The molecule has 86 valence electrons. The van der Waals surface area contributed by atoms with Gasteiger partial charge in [0.2, 0.25) is 0 Å². The van der Waals surface area contributed by atoms with E-state index < -0.39 is 5.97 Å². The summed E-state index contributed by atoms with van der Waals surface area (Å²) in [5.74, 6) is -0.763. The van der Waals surface area contributed by atoms with E-state index in [1.807, 2.05) is 0 Å². The molecule has 0 rings (SSSR count). The third-order valence-corrected chi connectivity index (χ3v) is 1.49. The first-order valence-corrected chi connectivity index (χ1v) is 4.55. The highest BCUT2D eigenvalue weighted by atomic mass is 16.6. The van der Waals surface area contributed by atoms with Crippen LogP contribution in [0.1, 0.15) is 13.3 Å². The molecule has 0 saturated heterocycles. The number of carbonyl (C=O) groups is 2. The van der Waals surface area contributed by atoms with Crippen molar-refractivity contribution in [3.05, 3.63) is 12.2 Å². The number of esters is 2. The lowest BCUT2D eigenvalue weighted by atomic mass is 10.4. The van der Waals surface area contributed by atoms with Gasteiger partial charge in [0.15, 0.2) is 0 Å². The Labute approximate surface area is 89.0 Å². The van der Waals surface area contributed by atoms with Crippen molar-refractivity contribution in [1.82, 2.24) is 0 Å². The van der Waals surface area contributed by atoms with E-state index in [-0.39, 0.29) is 32.2 Å². The SMILES string of the molecule is C=C(C)C(=O)OCCOCCC(=O)OC. The van der Waals surface area contributed by atoms with Gasteiger partial charge in [-0.05, 0) is 6.92 Å². The first-order valence-electron chi connectivity index (χ1n) is 4.55. The third-order valence-electron chi connectivity index (χ3n) is 1.49. The summed E-state index contributed by atoms with van der Waals surface area (Å²) in [4.78, 5) is 21.5. The average Bonchev–Trinajstić information content (AvgIpc) is 2.22. The van der Waals surface area contributed by atoms with Crippen LogP contribution in [0.5, 0.6) is 0 Å². The van der Waals surface area contributed by atoms with Gasteiger partial charge >= 0.3 is 11.9 Å². The number of hydrogen-bond donors (Lipinski definition) is 0. The van der Waals surface area contributed by atoms with Crippen LogP contribution in [0.3, 0.4) is 0 Å². The van der Waals surface area contributed by atoms with Gasteiger partial charge in [0.1, 0.15) is 6.61 Å². The van der Waals surface area contributed by atoms with Gasteiger partial charge in [-0.15, -0.1) is 0 Å². The predicted octanol–water partition coefficient (Wildman–Crippen LogP) is 0.685. The van der Waals surface area contributed by atoms with Gasteiger partial charge in [-0.25, -0.2) is 4.79 Å². The molecule has 0 bridgehead atoms. The number of carbonyl (C=O) groups excluding carboxylic acids is 2. The minimum atomic E-state index is -0.438. The molecule has 15 heavy (non-hydrogen) atoms. The van der Waals surface area contributed by atoms with Crippen LogP contribution in [0.4, 0.5) is 0 Å². The maximum absolute atomic E-state index is 10.9. The zero-order valence-corrected chi connectivity index (χ0v) is 9.08. The van der Waals surface area contributed by atoms with Crippen molar-refractivity contribution in [2.45, 2.75) is 13.3 Å². The van der Waals surface area contributed by atoms with Gasteiger partial charge in [0.25, 0.3) is 0 Å². The molecule has 0 aromatic rings. The van der Waals surface area contributed by atoms with Gasteiger partial charge in [-0.2, -0.15) is 0 Å². The van der Waals surface area contributed by atoms with Crippen molar-refractivity contribution in [3.63, 3.8) is 0 Å². The normalized spacial score (nSPS) is 9.47. The summed E-state index contributed by atoms with van der Waals surface area (Å²) in [7, 11) is 1.32. The second-order valence-corrected chi connectivity index (χ2v) is 2.85. The highest BCUT2D eigenvalue weighted by Gasteiger charge is 2.02. The summed E-state index contributed by atoms with van der Waals surface area (Å²) in [5.41, 5.74) is 0.351. The summed E-state index contributed by atoms with van der Waals surface area (Å²) in [6.07, 6.45) is 0.199. The monoisotopic (exact) mass is 216 g/mol. The molecule has 0 aliphatic heterocycles. The van der Waals surface area contributed by atoms with Crippen molar-refractivity contribution in [2.75, 3.05) is 26.9 Å². The highest BCUT2D eigenvalue weighted by Crippen LogP contribution is 1.92. The zero-order chi connectivity index (χ0) is 11.7. The quantitative estimate of drug-likeness (QED) is 0.356. The molecule has 0 heterocycles. The third kappa shape index (κ3) is 7.69. The number of methoxy groups -OCH3 is 1. The largest absolute Gasteiger partial charge is 0.469 e. The smallest absolute Gasteiger partial charge is 0.333 e. The Kier molecular flexibility index (Phi) is 7.27. The van der Waals surface area contributed by atoms with Crippen LogP contribution in [0.2, 0.25) is 0 Å². The Bertz CT molecular complexity index is 234. The van der Waals surface area contributed by atoms with Gasteiger partial charge in [-0.3, -0.25) is 4.79 Å². The summed E-state index contributed by atoms with van der Waals surface area (Å²) < 4.78 is 14.2. The fourth-order valence-electron chi connectivity index (χ4n) is 0.676. The van der Waals surface area contributed by atoms with Crippen LogP contribution in [0.15, 0.2) is 12.2 Å². The Morgan fingerprint density at radius 2 is 1.87 bits per heavy atom. The minimum absolute atomic E-state index is 0.160. The number of ether oxygens (including phenoxy) is 3. The second-order valence-electron chi connectivity index (χ2n) is 2.85. The van der Waals surface area contributed by atoms with Crippen molar-refractivity contribution >= 4 is 11.9 Å². The number of rotatable bonds is 7. The first kappa shape index (κ1) is 13.6. The lowest BCUT2D eigenvalue weighted by Gasteiger charge is -2.05. The first-order chi connectivity index (χ1) is 7.07. The zero-order valence-electron chi connectivity index (χ0n) is 9.08. The van der Waals surface area contributed by atoms with Gasteiger partial charge in [0.05, 0.1) is 26.7 Å². The van der Waals surface area contributed by atoms with Crippen molar-refractivity contribution in [2.24, 2.45) is 0 Å². The van der Waals surface area contributed by atoms with Crippen molar-refractivity contribution in [3.8, 4) is 0 Å². The van der Waals surface area contributed by atoms with Crippen LogP contribution >= 0.6 is 0 Å². The molecule has 0 saturated carbocycles. The Hall–Kier alpha value is -1.36. The average molecular weight is 216 g/mol. The molecule has 0 aliphatic rings. The number of hydrogen-bond acceptors (Lipinski definition) is 5. The fourth-order valence-corrected chi connectivity index (χ4v) is 0.676. The highest BCUT2D eigenvalue weighted by molar-refractivity contribution is 5.86. The maximum Gasteiger partial charge on any atom is 0.333 e. The van der Waals surface area contributed by atoms with Crippen LogP contribution in [-0.2, 0) is 23.8 Å². The van der Waals surface area contributed by atoms with Crippen LogP contribution in [-0.4, -0.2) is 38.9 Å². The van der Waals surface area contributed by atoms with E-state index in [9.17, 15) is 9.59 Å². The molecule has 0 aliphatic carbocycles. The molecule has 0 aromatic heterocycles. The Balaban J connectivity index is 3.29. The molecule has 5 nitrogen and oxygen atoms in total. The van der Waals surface area contributed by atoms with E-state index in [1.54, 1.807) is 6.92 Å². The van der Waals surface area contributed by atoms with E-state index in [4.69, 9.17) is 9.47 Å². The predicted molar refractivity (Wildman–Crippen MR) is 53.2 cm³/mol. The minimum Gasteiger partial charge on any atom is -0.469 e. The van der Waals surface area contributed by atoms with Gasteiger partial charge in [0, 0.05) is 5.57 Å². The lowest BCUT2D eigenvalue weighted by molar-refractivity contribution is -0.144. The molecule has 0 fully saturated rings. The van der Waals surface area contributed by atoms with Crippen molar-refractivity contribution < 1.29 is 23.8 Å². The molecule has 5 heteroatoms. The van der Waals surface area contributed by atoms with E-state index in [1.165, 1.54) is 7.11 Å². The maximum atomic E-state index is 10.9. The van der Waals surface area contributed by atoms with E-state index >= 15 is 0 Å². The van der Waals surface area contributed by atoms with Crippen LogP contribution in [0, 0.1) is 0 Å². The second kappa shape index (κ2) is 7.99. The molecule has 0 amide bonds. The molecule has 0 unspecified atom stereocenters. The summed E-state index contributed by atoms with van der Waals surface area (Å²) in [6, 6.07) is 0. The molecular weight excluding hydrogens is 200 g/mol. The summed E-state index contributed by atoms with van der Waals surface area (Å²) >= 11 is 0. The lowest BCUT2D eigenvalue weighted by Crippen LogP contribution is -2.12. The van der Waals surface area contributed by atoms with E-state index in [0.29, 0.717) is 5.57 Å². The van der Waals surface area contributed by atoms with Crippen LogP contribution in [0.25, 0.3) is 0 Å². The van der Waals surface area contributed by atoms with E-state index in [0.717, 1.165) is 0 Å². The standard InChI is InChI=1S/C10H16O5/c1-8(2)10(12)15-7-6-14-5-4-9(11)13-3/h1,4-7H2,2-3H3. The molecular formula is C10H16O5. The Morgan fingerprint density at radius 1 is 1.20 bits per heavy atom. The molecule has 0 N–H and O–H groups in total. The molecule has 0 atom stereocenters. The molecule has 0 spiro atoms. The van der Waals surface area contributed by atoms with Crippen LogP contribution < -0.4 is 0 Å². The van der Waals surface area contributed by atoms with Crippen molar-refractivity contribution in [1.29, 1.82) is 0 Å². The molecule has 0 radical (unpaired) electrons. The summed E-state index contributed by atoms with van der Waals surface area (Å²) in [6.45, 7) is 5.68. The summed E-state index contributed by atoms with van der Waals surface area (Å²) in [5, 5.41) is 0. The van der Waals surface area contributed by atoms with Gasteiger partial charge in [-0.1, -0.05) is 6.58 Å². The topological polar surface area (TPSA) is 61.8 Å².